The highest BCUT2D eigenvalue weighted by Crippen LogP contribution is 1.97. The molecule has 0 spiro atoms. The van der Waals surface area contributed by atoms with Crippen molar-refractivity contribution in [3.05, 3.63) is 11.8 Å². The van der Waals surface area contributed by atoms with Crippen LogP contribution in [-0.4, -0.2) is 23.5 Å². The molecule has 0 atom stereocenters. The van der Waals surface area contributed by atoms with Crippen LogP contribution in [0, 0.1) is 0 Å². The van der Waals surface area contributed by atoms with Crippen LogP contribution < -0.4 is 0 Å². The van der Waals surface area contributed by atoms with Crippen molar-refractivity contribution in [1.82, 2.24) is 0 Å². The predicted octanol–water partition coefficient (Wildman–Crippen LogP) is 0.580. The number of hydrogen-bond acceptors (Lipinski definition) is 4. The summed E-state index contributed by atoms with van der Waals surface area (Å²) in [6.07, 6.45) is 0.459. The smallest absolute Gasteiger partial charge is 0.344 e. The Labute approximate surface area is 64.5 Å². The van der Waals surface area contributed by atoms with Crippen LogP contribution in [0.3, 0.4) is 0 Å². The number of aliphatic hydroxyl groups is 1. The maximum absolute atomic E-state index is 10.7. The van der Waals surface area contributed by atoms with Gasteiger partial charge in [-0.1, -0.05) is 0 Å². The summed E-state index contributed by atoms with van der Waals surface area (Å²) in [5, 5.41) is 8.41. The molecule has 0 aromatic rings. The molecule has 0 aliphatic heterocycles. The highest BCUT2D eigenvalue weighted by Gasteiger charge is 2.14. The molecule has 11 heavy (non-hydrogen) atoms. The predicted molar refractivity (Wildman–Crippen MR) is 38.0 cm³/mol. The summed E-state index contributed by atoms with van der Waals surface area (Å²) < 4.78 is 4.47. The SMILES string of the molecule is CCOC(=O)C(=CO)C(C)=O. The summed E-state index contributed by atoms with van der Waals surface area (Å²) in [5.41, 5.74) is -0.327. The third kappa shape index (κ3) is 2.84. The second kappa shape index (κ2) is 4.49. The fourth-order valence-electron chi connectivity index (χ4n) is 0.496. The van der Waals surface area contributed by atoms with Gasteiger partial charge < -0.3 is 9.84 Å². The molecule has 0 aliphatic rings. The van der Waals surface area contributed by atoms with E-state index in [4.69, 9.17) is 5.11 Å². The van der Waals surface area contributed by atoms with Crippen LogP contribution in [0.4, 0.5) is 0 Å². The molecule has 0 bridgehead atoms. The van der Waals surface area contributed by atoms with E-state index >= 15 is 0 Å². The van der Waals surface area contributed by atoms with Crippen molar-refractivity contribution in [3.8, 4) is 0 Å². The van der Waals surface area contributed by atoms with Crippen molar-refractivity contribution < 1.29 is 19.4 Å². The van der Waals surface area contributed by atoms with Gasteiger partial charge in [0.25, 0.3) is 0 Å². The average Bonchev–Trinajstić information content (AvgIpc) is 1.88. The van der Waals surface area contributed by atoms with Crippen LogP contribution >= 0.6 is 0 Å². The third-order valence-electron chi connectivity index (χ3n) is 1.00. The standard InChI is InChI=1S/C7H10O4/c1-3-11-7(10)6(4-8)5(2)9/h4,8H,3H2,1-2H3. The Morgan fingerprint density at radius 2 is 2.09 bits per heavy atom. The minimum atomic E-state index is -0.789. The molecule has 0 fully saturated rings. The van der Waals surface area contributed by atoms with Gasteiger partial charge in [0.05, 0.1) is 12.9 Å². The summed E-state index contributed by atoms with van der Waals surface area (Å²) >= 11 is 0. The second-order valence-corrected chi connectivity index (χ2v) is 1.82. The maximum Gasteiger partial charge on any atom is 0.344 e. The van der Waals surface area contributed by atoms with Crippen molar-refractivity contribution in [2.24, 2.45) is 0 Å². The summed E-state index contributed by atoms with van der Waals surface area (Å²) in [4.78, 5) is 21.3. The minimum Gasteiger partial charge on any atom is -0.515 e. The number of Topliss-reactive ketones (excluding diaryl/α,β-unsaturated/α-hetero) is 1. The van der Waals surface area contributed by atoms with Crippen molar-refractivity contribution in [2.45, 2.75) is 13.8 Å². The topological polar surface area (TPSA) is 63.6 Å². The van der Waals surface area contributed by atoms with Crippen LogP contribution in [0.1, 0.15) is 13.8 Å². The van der Waals surface area contributed by atoms with Gasteiger partial charge >= 0.3 is 5.97 Å². The number of carbonyl (C=O) groups is 2. The lowest BCUT2D eigenvalue weighted by Gasteiger charge is -2.00. The monoisotopic (exact) mass is 158 g/mol. The third-order valence-corrected chi connectivity index (χ3v) is 1.00. The molecule has 4 heteroatoms. The van der Waals surface area contributed by atoms with Crippen LogP contribution in [0.2, 0.25) is 0 Å². The molecule has 0 amide bonds. The number of rotatable bonds is 3. The largest absolute Gasteiger partial charge is 0.515 e. The van der Waals surface area contributed by atoms with E-state index in [0.717, 1.165) is 0 Å². The Bertz CT molecular complexity index is 193. The number of aliphatic hydroxyl groups excluding tert-OH is 1. The van der Waals surface area contributed by atoms with E-state index in [2.05, 4.69) is 4.74 Å². The molecule has 0 aromatic heterocycles. The van der Waals surface area contributed by atoms with Gasteiger partial charge in [-0.05, 0) is 13.8 Å². The number of ether oxygens (including phenoxy) is 1. The highest BCUT2D eigenvalue weighted by molar-refractivity contribution is 6.16. The lowest BCUT2D eigenvalue weighted by atomic mass is 10.2. The number of ketones is 1. The lowest BCUT2D eigenvalue weighted by molar-refractivity contribution is -0.139. The average molecular weight is 158 g/mol. The molecule has 0 rings (SSSR count). The van der Waals surface area contributed by atoms with Gasteiger partial charge in [-0.2, -0.15) is 0 Å². The molecule has 0 saturated heterocycles. The lowest BCUT2D eigenvalue weighted by Crippen LogP contribution is -2.13. The van der Waals surface area contributed by atoms with Gasteiger partial charge in [-0.15, -0.1) is 0 Å². The van der Waals surface area contributed by atoms with E-state index in [0.29, 0.717) is 6.26 Å². The van der Waals surface area contributed by atoms with Crippen molar-refractivity contribution in [3.63, 3.8) is 0 Å². The van der Waals surface area contributed by atoms with E-state index in [1.165, 1.54) is 6.92 Å². The van der Waals surface area contributed by atoms with Crippen molar-refractivity contribution in [1.29, 1.82) is 0 Å². The first-order chi connectivity index (χ1) is 5.13. The summed E-state index contributed by atoms with van der Waals surface area (Å²) in [7, 11) is 0. The van der Waals surface area contributed by atoms with Gasteiger partial charge in [0.1, 0.15) is 5.57 Å². The molecular formula is C7H10O4. The van der Waals surface area contributed by atoms with E-state index in [9.17, 15) is 9.59 Å². The maximum atomic E-state index is 10.7. The first kappa shape index (κ1) is 9.68. The Morgan fingerprint density at radius 1 is 1.55 bits per heavy atom. The van der Waals surface area contributed by atoms with Gasteiger partial charge in [0, 0.05) is 0 Å². The summed E-state index contributed by atoms with van der Waals surface area (Å²) in [6, 6.07) is 0. The van der Waals surface area contributed by atoms with Gasteiger partial charge in [0.2, 0.25) is 0 Å². The fraction of sp³-hybridized carbons (Fsp3) is 0.429. The molecule has 62 valence electrons. The minimum absolute atomic E-state index is 0.184. The van der Waals surface area contributed by atoms with Crippen LogP contribution in [-0.2, 0) is 14.3 Å². The van der Waals surface area contributed by atoms with Crippen LogP contribution in [0.15, 0.2) is 11.8 Å². The van der Waals surface area contributed by atoms with E-state index in [-0.39, 0.29) is 12.2 Å². The Hall–Kier alpha value is -1.32. The van der Waals surface area contributed by atoms with Crippen molar-refractivity contribution in [2.75, 3.05) is 6.61 Å². The molecule has 1 N–H and O–H groups in total. The molecule has 0 aromatic carbocycles. The van der Waals surface area contributed by atoms with Crippen LogP contribution in [0.5, 0.6) is 0 Å². The quantitative estimate of drug-likeness (QED) is 0.214. The summed E-state index contributed by atoms with van der Waals surface area (Å²) in [6.45, 7) is 2.98. The van der Waals surface area contributed by atoms with Crippen LogP contribution in [0.25, 0.3) is 0 Å². The number of hydrogen-bond donors (Lipinski definition) is 1. The zero-order valence-electron chi connectivity index (χ0n) is 6.46. The molecule has 0 aliphatic carbocycles. The molecule has 0 unspecified atom stereocenters. The summed E-state index contributed by atoms with van der Waals surface area (Å²) in [5.74, 6) is -1.30. The van der Waals surface area contributed by atoms with Gasteiger partial charge in [-0.3, -0.25) is 4.79 Å². The number of carbonyl (C=O) groups excluding carboxylic acids is 2. The first-order valence-corrected chi connectivity index (χ1v) is 3.16. The molecule has 0 heterocycles. The number of esters is 1. The Morgan fingerprint density at radius 3 is 2.36 bits per heavy atom. The van der Waals surface area contributed by atoms with Gasteiger partial charge in [-0.25, -0.2) is 4.79 Å². The molecule has 0 saturated carbocycles. The first-order valence-electron chi connectivity index (χ1n) is 3.16. The van der Waals surface area contributed by atoms with E-state index in [1.54, 1.807) is 6.92 Å². The van der Waals surface area contributed by atoms with E-state index < -0.39 is 11.8 Å². The van der Waals surface area contributed by atoms with E-state index in [1.807, 2.05) is 0 Å². The zero-order valence-corrected chi connectivity index (χ0v) is 6.46. The van der Waals surface area contributed by atoms with Crippen molar-refractivity contribution >= 4 is 11.8 Å². The zero-order chi connectivity index (χ0) is 8.85. The van der Waals surface area contributed by atoms with Gasteiger partial charge in [0.15, 0.2) is 5.78 Å². The molecule has 4 nitrogen and oxygen atoms in total. The highest BCUT2D eigenvalue weighted by atomic mass is 16.5. The molecule has 0 radical (unpaired) electrons. The molecular weight excluding hydrogens is 148 g/mol. The Balaban J connectivity index is 4.29. The fourth-order valence-corrected chi connectivity index (χ4v) is 0.496. The normalized spacial score (nSPS) is 10.9. The Kier molecular flexibility index (Phi) is 3.95. The second-order valence-electron chi connectivity index (χ2n) is 1.82.